The fourth-order valence-electron chi connectivity index (χ4n) is 2.56. The Bertz CT molecular complexity index is 447. The lowest BCUT2D eigenvalue weighted by atomic mass is 9.99. The molecule has 1 aromatic rings. The van der Waals surface area contributed by atoms with Crippen molar-refractivity contribution in [3.05, 3.63) is 33.8 Å². The Balaban J connectivity index is 2.00. The Labute approximate surface area is 118 Å². The van der Waals surface area contributed by atoms with Crippen LogP contribution in [0.25, 0.3) is 0 Å². The van der Waals surface area contributed by atoms with Crippen LogP contribution in [-0.4, -0.2) is 25.4 Å². The number of ketones is 1. The number of hydrogen-bond donors (Lipinski definition) is 1. The first kappa shape index (κ1) is 13.9. The van der Waals surface area contributed by atoms with Gasteiger partial charge in [-0.2, -0.15) is 0 Å². The predicted molar refractivity (Wildman–Crippen MR) is 74.8 cm³/mol. The molecule has 1 heterocycles. The van der Waals surface area contributed by atoms with Gasteiger partial charge in [-0.3, -0.25) is 4.79 Å². The summed E-state index contributed by atoms with van der Waals surface area (Å²) in [5.74, 6) is 0.869. The molecule has 2 rings (SSSR count). The maximum atomic E-state index is 12.2. The van der Waals surface area contributed by atoms with Gasteiger partial charge in [0.2, 0.25) is 5.78 Å². The van der Waals surface area contributed by atoms with Gasteiger partial charge in [0.25, 0.3) is 0 Å². The highest BCUT2D eigenvalue weighted by molar-refractivity contribution is 6.42. The molecule has 1 N–H and O–H groups in total. The van der Waals surface area contributed by atoms with Crippen molar-refractivity contribution in [3.8, 4) is 0 Å². The Morgan fingerprint density at radius 2 is 2.17 bits per heavy atom. The summed E-state index contributed by atoms with van der Waals surface area (Å²) in [6.45, 7) is 5.00. The quantitative estimate of drug-likeness (QED) is 0.847. The lowest BCUT2D eigenvalue weighted by Crippen LogP contribution is -3.14. The van der Waals surface area contributed by atoms with Gasteiger partial charge in [-0.15, -0.1) is 0 Å². The number of likely N-dealkylation sites (tertiary alicyclic amines) is 1. The number of carbonyl (C=O) groups excluding carboxylic acids is 1. The average molecular weight is 287 g/mol. The van der Waals surface area contributed by atoms with E-state index in [0.29, 0.717) is 22.2 Å². The maximum Gasteiger partial charge on any atom is 0.216 e. The van der Waals surface area contributed by atoms with Crippen LogP contribution >= 0.6 is 23.2 Å². The zero-order valence-electron chi connectivity index (χ0n) is 10.5. The molecule has 2 nitrogen and oxygen atoms in total. The summed E-state index contributed by atoms with van der Waals surface area (Å²) in [6, 6.07) is 5.10. The van der Waals surface area contributed by atoms with Crippen molar-refractivity contribution in [1.29, 1.82) is 0 Å². The van der Waals surface area contributed by atoms with Gasteiger partial charge >= 0.3 is 0 Å². The lowest BCUT2D eigenvalue weighted by molar-refractivity contribution is -0.900. The number of hydrogen-bond acceptors (Lipinski definition) is 1. The monoisotopic (exact) mass is 286 g/mol. The summed E-state index contributed by atoms with van der Waals surface area (Å²) in [5, 5.41) is 0.941. The number of halogens is 2. The molecule has 0 radical (unpaired) electrons. The van der Waals surface area contributed by atoms with Crippen LogP contribution in [-0.2, 0) is 0 Å². The van der Waals surface area contributed by atoms with E-state index in [2.05, 4.69) is 6.92 Å². The molecule has 2 atom stereocenters. The van der Waals surface area contributed by atoms with Gasteiger partial charge in [-0.1, -0.05) is 30.1 Å². The van der Waals surface area contributed by atoms with E-state index >= 15 is 0 Å². The van der Waals surface area contributed by atoms with Crippen molar-refractivity contribution < 1.29 is 9.69 Å². The second-order valence-electron chi connectivity index (χ2n) is 5.18. The van der Waals surface area contributed by atoms with E-state index in [-0.39, 0.29) is 5.78 Å². The molecule has 1 unspecified atom stereocenters. The Kier molecular flexibility index (Phi) is 4.66. The predicted octanol–water partition coefficient (Wildman–Crippen LogP) is 2.49. The molecule has 18 heavy (non-hydrogen) atoms. The molecule has 1 aliphatic heterocycles. The van der Waals surface area contributed by atoms with Gasteiger partial charge < -0.3 is 4.90 Å². The normalized spacial score (nSPS) is 23.9. The number of carbonyl (C=O) groups is 1. The summed E-state index contributed by atoms with van der Waals surface area (Å²) in [6.07, 6.45) is 2.50. The first-order chi connectivity index (χ1) is 8.56. The van der Waals surface area contributed by atoms with E-state index < -0.39 is 0 Å². The van der Waals surface area contributed by atoms with Crippen LogP contribution in [0.2, 0.25) is 10.0 Å². The van der Waals surface area contributed by atoms with Crippen molar-refractivity contribution in [2.45, 2.75) is 19.8 Å². The Hall–Kier alpha value is -0.570. The highest BCUT2D eigenvalue weighted by Crippen LogP contribution is 2.22. The SMILES string of the molecule is C[C@@H]1CCC[NH+](CC(=O)c2ccc(Cl)c(Cl)c2)C1. The summed E-state index contributed by atoms with van der Waals surface area (Å²) in [4.78, 5) is 13.5. The second kappa shape index (κ2) is 6.05. The zero-order chi connectivity index (χ0) is 13.1. The van der Waals surface area contributed by atoms with E-state index in [9.17, 15) is 4.79 Å². The van der Waals surface area contributed by atoms with Crippen LogP contribution in [0, 0.1) is 5.92 Å². The zero-order valence-corrected chi connectivity index (χ0v) is 12.0. The van der Waals surface area contributed by atoms with Crippen LogP contribution in [0.4, 0.5) is 0 Å². The number of benzene rings is 1. The van der Waals surface area contributed by atoms with Crippen LogP contribution in [0.15, 0.2) is 18.2 Å². The van der Waals surface area contributed by atoms with Gasteiger partial charge in [0.15, 0.2) is 0 Å². The third kappa shape index (κ3) is 3.47. The highest BCUT2D eigenvalue weighted by Gasteiger charge is 2.22. The van der Waals surface area contributed by atoms with Crippen molar-refractivity contribution in [3.63, 3.8) is 0 Å². The van der Waals surface area contributed by atoms with Crippen LogP contribution in [0.3, 0.4) is 0 Å². The second-order valence-corrected chi connectivity index (χ2v) is 5.99. The van der Waals surface area contributed by atoms with Gasteiger partial charge in [-0.25, -0.2) is 0 Å². The van der Waals surface area contributed by atoms with Crippen LogP contribution < -0.4 is 4.90 Å². The van der Waals surface area contributed by atoms with E-state index in [1.807, 2.05) is 0 Å². The first-order valence-corrected chi connectivity index (χ1v) is 7.13. The van der Waals surface area contributed by atoms with Gasteiger partial charge in [0, 0.05) is 11.5 Å². The number of quaternary nitrogens is 1. The van der Waals surface area contributed by atoms with Gasteiger partial charge in [-0.05, 0) is 31.0 Å². The summed E-state index contributed by atoms with van der Waals surface area (Å²) >= 11 is 11.8. The minimum atomic E-state index is 0.151. The van der Waals surface area contributed by atoms with E-state index in [4.69, 9.17) is 23.2 Å². The number of rotatable bonds is 3. The molecule has 1 aromatic carbocycles. The molecule has 1 fully saturated rings. The molecule has 98 valence electrons. The topological polar surface area (TPSA) is 21.5 Å². The molecule has 0 spiro atoms. The summed E-state index contributed by atoms with van der Waals surface area (Å²) < 4.78 is 0. The minimum absolute atomic E-state index is 0.151. The highest BCUT2D eigenvalue weighted by atomic mass is 35.5. The molecule has 1 aliphatic rings. The van der Waals surface area contributed by atoms with Gasteiger partial charge in [0.05, 0.1) is 23.1 Å². The Morgan fingerprint density at radius 1 is 1.39 bits per heavy atom. The van der Waals surface area contributed by atoms with Crippen molar-refractivity contribution >= 4 is 29.0 Å². The fourth-order valence-corrected chi connectivity index (χ4v) is 2.85. The van der Waals surface area contributed by atoms with Crippen molar-refractivity contribution in [1.82, 2.24) is 0 Å². The van der Waals surface area contributed by atoms with E-state index in [1.165, 1.54) is 17.7 Å². The number of Topliss-reactive ketones (excluding diaryl/α,β-unsaturated/α-hetero) is 1. The number of piperidine rings is 1. The minimum Gasteiger partial charge on any atom is -0.328 e. The van der Waals surface area contributed by atoms with Crippen molar-refractivity contribution in [2.75, 3.05) is 19.6 Å². The third-order valence-electron chi connectivity index (χ3n) is 3.52. The van der Waals surface area contributed by atoms with E-state index in [0.717, 1.165) is 19.0 Å². The summed E-state index contributed by atoms with van der Waals surface area (Å²) in [7, 11) is 0. The molecule has 0 aliphatic carbocycles. The molecule has 1 saturated heterocycles. The van der Waals surface area contributed by atoms with Crippen LogP contribution in [0.5, 0.6) is 0 Å². The summed E-state index contributed by atoms with van der Waals surface area (Å²) in [5.41, 5.74) is 0.662. The molecule has 0 saturated carbocycles. The van der Waals surface area contributed by atoms with E-state index in [1.54, 1.807) is 18.2 Å². The largest absolute Gasteiger partial charge is 0.328 e. The maximum absolute atomic E-state index is 12.2. The first-order valence-electron chi connectivity index (χ1n) is 6.38. The molecular weight excluding hydrogens is 269 g/mol. The third-order valence-corrected chi connectivity index (χ3v) is 4.26. The molecule has 4 heteroatoms. The molecule has 0 aromatic heterocycles. The average Bonchev–Trinajstić information content (AvgIpc) is 2.32. The van der Waals surface area contributed by atoms with Crippen LogP contribution in [0.1, 0.15) is 30.1 Å². The van der Waals surface area contributed by atoms with Gasteiger partial charge in [0.1, 0.15) is 6.54 Å². The molecular formula is C14H18Cl2NO+. The smallest absolute Gasteiger partial charge is 0.216 e. The lowest BCUT2D eigenvalue weighted by Gasteiger charge is -2.27. The molecule has 0 amide bonds. The standard InChI is InChI=1S/C14H17Cl2NO/c1-10-3-2-6-17(8-10)9-14(18)11-4-5-12(15)13(16)7-11/h4-5,7,10H,2-3,6,8-9H2,1H3/p+1/t10-/m1/s1. The number of nitrogens with one attached hydrogen (secondary N) is 1. The fraction of sp³-hybridized carbons (Fsp3) is 0.500. The molecule has 0 bridgehead atoms. The van der Waals surface area contributed by atoms with Crippen molar-refractivity contribution in [2.24, 2.45) is 5.92 Å². The Morgan fingerprint density at radius 3 is 2.83 bits per heavy atom.